The van der Waals surface area contributed by atoms with Gasteiger partial charge in [0, 0.05) is 24.7 Å². The van der Waals surface area contributed by atoms with Crippen LogP contribution in [0.2, 0.25) is 0 Å². The molecule has 1 heterocycles. The van der Waals surface area contributed by atoms with Gasteiger partial charge in [-0.15, -0.1) is 11.3 Å². The molecule has 0 aliphatic heterocycles. The molecule has 0 saturated heterocycles. The summed E-state index contributed by atoms with van der Waals surface area (Å²) in [6.45, 7) is 2.19. The van der Waals surface area contributed by atoms with Gasteiger partial charge in [0.25, 0.3) is 0 Å². The Bertz CT molecular complexity index is 663. The third-order valence-electron chi connectivity index (χ3n) is 2.68. The summed E-state index contributed by atoms with van der Waals surface area (Å²) in [4.78, 5) is 5.02. The van der Waals surface area contributed by atoms with Crippen molar-refractivity contribution in [2.45, 2.75) is 18.4 Å². The van der Waals surface area contributed by atoms with Gasteiger partial charge in [-0.3, -0.25) is 0 Å². The fourth-order valence-electron chi connectivity index (χ4n) is 1.59. The van der Waals surface area contributed by atoms with Gasteiger partial charge in [-0.2, -0.15) is 4.31 Å². The number of aromatic nitrogens is 1. The lowest BCUT2D eigenvalue weighted by atomic mass is 10.2. The summed E-state index contributed by atoms with van der Waals surface area (Å²) in [7, 11) is -1.93. The van der Waals surface area contributed by atoms with Crippen molar-refractivity contribution >= 4 is 26.5 Å². The first-order valence-corrected chi connectivity index (χ1v) is 7.88. The zero-order chi connectivity index (χ0) is 14.0. The number of benzene rings is 1. The van der Waals surface area contributed by atoms with Gasteiger partial charge in [0.15, 0.2) is 5.13 Å². The summed E-state index contributed by atoms with van der Waals surface area (Å²) >= 11 is 1.29. The molecule has 0 unspecified atom stereocenters. The third-order valence-corrected chi connectivity index (χ3v) is 5.31. The number of hydrogen-bond acceptors (Lipinski definition) is 5. The minimum absolute atomic E-state index is 0.269. The van der Waals surface area contributed by atoms with Crippen LogP contribution in [0.25, 0.3) is 0 Å². The second-order valence-electron chi connectivity index (χ2n) is 4.24. The number of rotatable bonds is 4. The van der Waals surface area contributed by atoms with Crippen LogP contribution in [-0.4, -0.2) is 24.8 Å². The van der Waals surface area contributed by atoms with Gasteiger partial charge < -0.3 is 5.73 Å². The van der Waals surface area contributed by atoms with E-state index in [-0.39, 0.29) is 11.4 Å². The van der Waals surface area contributed by atoms with E-state index in [1.807, 2.05) is 6.92 Å². The Kier molecular flexibility index (Phi) is 3.88. The first-order chi connectivity index (χ1) is 8.89. The Labute approximate surface area is 116 Å². The van der Waals surface area contributed by atoms with Gasteiger partial charge >= 0.3 is 0 Å². The van der Waals surface area contributed by atoms with Crippen molar-refractivity contribution < 1.29 is 8.42 Å². The average Bonchev–Trinajstić information content (AvgIpc) is 2.75. The molecule has 0 fully saturated rings. The number of nitrogen functional groups attached to an aromatic ring is 1. The van der Waals surface area contributed by atoms with E-state index < -0.39 is 10.0 Å². The quantitative estimate of drug-likeness (QED) is 0.934. The maximum atomic E-state index is 12.3. The highest BCUT2D eigenvalue weighted by atomic mass is 32.2. The molecule has 0 aliphatic carbocycles. The Morgan fingerprint density at radius 1 is 1.32 bits per heavy atom. The van der Waals surface area contributed by atoms with E-state index in [4.69, 9.17) is 5.73 Å². The highest BCUT2D eigenvalue weighted by molar-refractivity contribution is 7.89. The molecule has 0 saturated carbocycles. The van der Waals surface area contributed by atoms with Gasteiger partial charge in [0.2, 0.25) is 10.0 Å². The molecule has 2 N–H and O–H groups in total. The van der Waals surface area contributed by atoms with Crippen LogP contribution in [0.4, 0.5) is 5.13 Å². The largest absolute Gasteiger partial charge is 0.375 e. The number of anilines is 1. The molecule has 1 aromatic carbocycles. The second-order valence-corrected chi connectivity index (χ2v) is 7.43. The number of nitrogens with zero attached hydrogens (tertiary/aromatic N) is 2. The fraction of sp³-hybridized carbons (Fsp3) is 0.250. The molecule has 5 nitrogen and oxygen atoms in total. The highest BCUT2D eigenvalue weighted by Crippen LogP contribution is 2.20. The van der Waals surface area contributed by atoms with Crippen molar-refractivity contribution in [1.29, 1.82) is 0 Å². The maximum Gasteiger partial charge on any atom is 0.243 e. The van der Waals surface area contributed by atoms with E-state index in [1.165, 1.54) is 15.6 Å². The molecule has 0 aliphatic rings. The van der Waals surface area contributed by atoms with E-state index in [9.17, 15) is 8.42 Å². The van der Waals surface area contributed by atoms with Crippen molar-refractivity contribution in [2.24, 2.45) is 0 Å². The van der Waals surface area contributed by atoms with Crippen molar-refractivity contribution in [1.82, 2.24) is 9.29 Å². The predicted molar refractivity (Wildman–Crippen MR) is 76.4 cm³/mol. The van der Waals surface area contributed by atoms with Crippen LogP contribution in [0.5, 0.6) is 0 Å². The van der Waals surface area contributed by atoms with Gasteiger partial charge in [-0.1, -0.05) is 17.7 Å². The van der Waals surface area contributed by atoms with E-state index >= 15 is 0 Å². The molecule has 0 spiro atoms. The summed E-state index contributed by atoms with van der Waals surface area (Å²) in [5.74, 6) is 0. The van der Waals surface area contributed by atoms with Crippen LogP contribution in [-0.2, 0) is 16.6 Å². The zero-order valence-corrected chi connectivity index (χ0v) is 12.3. The minimum atomic E-state index is -3.47. The average molecular weight is 297 g/mol. The van der Waals surface area contributed by atoms with Gasteiger partial charge in [-0.25, -0.2) is 13.4 Å². The molecule has 1 aromatic heterocycles. The van der Waals surface area contributed by atoms with Crippen LogP contribution in [0.3, 0.4) is 0 Å². The van der Waals surface area contributed by atoms with Crippen LogP contribution >= 0.6 is 11.3 Å². The maximum absolute atomic E-state index is 12.3. The lowest BCUT2D eigenvalue weighted by Crippen LogP contribution is -2.26. The molecule has 2 aromatic rings. The molecular formula is C12H15N3O2S2. The Balaban J connectivity index is 2.21. The number of nitrogens with two attached hydrogens (primary N) is 1. The standard InChI is InChI=1S/C12H15N3O2S2/c1-9-3-5-11(6-4-9)19(16,17)15(2)8-10-7-14-12(13)18-10/h3-7H,8H2,1-2H3,(H2,13,14). The zero-order valence-electron chi connectivity index (χ0n) is 10.7. The number of thiazole rings is 1. The first-order valence-electron chi connectivity index (χ1n) is 5.63. The molecule has 19 heavy (non-hydrogen) atoms. The third kappa shape index (κ3) is 3.12. The SMILES string of the molecule is Cc1ccc(S(=O)(=O)N(C)Cc2cnc(N)s2)cc1. The van der Waals surface area contributed by atoms with Crippen molar-refractivity contribution in [2.75, 3.05) is 12.8 Å². The van der Waals surface area contributed by atoms with E-state index in [1.54, 1.807) is 37.5 Å². The van der Waals surface area contributed by atoms with Crippen LogP contribution in [0, 0.1) is 6.92 Å². The summed E-state index contributed by atoms with van der Waals surface area (Å²) in [5, 5.41) is 0.441. The Morgan fingerprint density at radius 2 is 1.95 bits per heavy atom. The van der Waals surface area contributed by atoms with Crippen molar-refractivity contribution in [3.05, 3.63) is 40.9 Å². The normalized spacial score (nSPS) is 11.9. The summed E-state index contributed by atoms with van der Waals surface area (Å²) < 4.78 is 26.0. The van der Waals surface area contributed by atoms with E-state index in [0.29, 0.717) is 5.13 Å². The lowest BCUT2D eigenvalue weighted by molar-refractivity contribution is 0.469. The monoisotopic (exact) mass is 297 g/mol. The van der Waals surface area contributed by atoms with Gasteiger partial charge in [0.1, 0.15) is 0 Å². The van der Waals surface area contributed by atoms with Gasteiger partial charge in [0.05, 0.1) is 4.90 Å². The predicted octanol–water partition coefficient (Wildman–Crippen LogP) is 1.85. The van der Waals surface area contributed by atoms with Gasteiger partial charge in [-0.05, 0) is 19.1 Å². The van der Waals surface area contributed by atoms with Crippen molar-refractivity contribution in [3.63, 3.8) is 0 Å². The molecule has 102 valence electrons. The van der Waals surface area contributed by atoms with E-state index in [0.717, 1.165) is 10.4 Å². The minimum Gasteiger partial charge on any atom is -0.375 e. The molecule has 0 radical (unpaired) electrons. The second kappa shape index (κ2) is 5.28. The van der Waals surface area contributed by atoms with Crippen LogP contribution < -0.4 is 5.73 Å². The first kappa shape index (κ1) is 14.0. The molecule has 7 heteroatoms. The smallest absolute Gasteiger partial charge is 0.243 e. The van der Waals surface area contributed by atoms with Crippen LogP contribution in [0.15, 0.2) is 35.4 Å². The summed E-state index contributed by atoms with van der Waals surface area (Å²) in [5.41, 5.74) is 6.56. The Hall–Kier alpha value is -1.44. The molecule has 0 amide bonds. The fourth-order valence-corrected chi connectivity index (χ4v) is 3.56. The Morgan fingerprint density at radius 3 is 2.47 bits per heavy atom. The topological polar surface area (TPSA) is 76.3 Å². The highest BCUT2D eigenvalue weighted by Gasteiger charge is 2.21. The lowest BCUT2D eigenvalue weighted by Gasteiger charge is -2.16. The molecular weight excluding hydrogens is 282 g/mol. The number of sulfonamides is 1. The van der Waals surface area contributed by atoms with E-state index in [2.05, 4.69) is 4.98 Å². The summed E-state index contributed by atoms with van der Waals surface area (Å²) in [6, 6.07) is 6.79. The summed E-state index contributed by atoms with van der Waals surface area (Å²) in [6.07, 6.45) is 1.60. The molecule has 0 bridgehead atoms. The van der Waals surface area contributed by atoms with Crippen molar-refractivity contribution in [3.8, 4) is 0 Å². The number of hydrogen-bond donors (Lipinski definition) is 1. The molecule has 2 rings (SSSR count). The molecule has 0 atom stereocenters. The van der Waals surface area contributed by atoms with Crippen LogP contribution in [0.1, 0.15) is 10.4 Å². The number of aryl methyl sites for hydroxylation is 1.